The molecule has 0 amide bonds. The van der Waals surface area contributed by atoms with E-state index in [2.05, 4.69) is 9.97 Å². The van der Waals surface area contributed by atoms with Crippen molar-refractivity contribution >= 4 is 16.8 Å². The van der Waals surface area contributed by atoms with E-state index in [1.54, 1.807) is 12.3 Å². The van der Waals surface area contributed by atoms with Crippen LogP contribution in [0.15, 0.2) is 35.0 Å². The maximum Gasteiger partial charge on any atom is 0.215 e. The zero-order valence-corrected chi connectivity index (χ0v) is 9.42. The molecule has 0 fully saturated rings. The Morgan fingerprint density at radius 1 is 1.41 bits per heavy atom. The Labute approximate surface area is 97.9 Å². The van der Waals surface area contributed by atoms with Gasteiger partial charge in [-0.1, -0.05) is 0 Å². The lowest BCUT2D eigenvalue weighted by molar-refractivity contribution is 0.505. The summed E-state index contributed by atoms with van der Waals surface area (Å²) < 4.78 is 7.62. The number of nitrogens with two attached hydrogens (primary N) is 1. The summed E-state index contributed by atoms with van der Waals surface area (Å²) in [6.45, 7) is 2.53. The first-order valence-corrected chi connectivity index (χ1v) is 5.35. The van der Waals surface area contributed by atoms with Crippen LogP contribution in [-0.2, 0) is 6.54 Å². The molecule has 2 heterocycles. The van der Waals surface area contributed by atoms with E-state index in [-0.39, 0.29) is 0 Å². The summed E-state index contributed by atoms with van der Waals surface area (Å²) in [4.78, 5) is 8.55. The molecule has 5 nitrogen and oxygen atoms in total. The third-order valence-corrected chi connectivity index (χ3v) is 2.69. The second-order valence-electron chi connectivity index (χ2n) is 3.94. The van der Waals surface area contributed by atoms with Crippen molar-refractivity contribution in [1.82, 2.24) is 14.5 Å². The fraction of sp³-hybridized carbons (Fsp3) is 0.167. The number of anilines is 1. The number of aryl methyl sites for hydroxylation is 1. The van der Waals surface area contributed by atoms with Gasteiger partial charge in [0.1, 0.15) is 17.9 Å². The first-order valence-electron chi connectivity index (χ1n) is 5.35. The van der Waals surface area contributed by atoms with Crippen molar-refractivity contribution in [2.24, 2.45) is 0 Å². The third kappa shape index (κ3) is 1.75. The number of hydrogen-bond donors (Lipinski definition) is 1. The molecule has 0 atom stereocenters. The maximum absolute atomic E-state index is 5.70. The molecule has 1 aromatic carbocycles. The average Bonchev–Trinajstić information content (AvgIpc) is 2.85. The number of nitrogen functional groups attached to an aromatic ring is 1. The van der Waals surface area contributed by atoms with Gasteiger partial charge in [-0.25, -0.2) is 9.97 Å². The van der Waals surface area contributed by atoms with Crippen LogP contribution in [0.25, 0.3) is 11.1 Å². The van der Waals surface area contributed by atoms with E-state index in [0.29, 0.717) is 18.1 Å². The van der Waals surface area contributed by atoms with E-state index < -0.39 is 0 Å². The zero-order valence-electron chi connectivity index (χ0n) is 9.42. The molecule has 2 N–H and O–H groups in total. The SMILES string of the molecule is Cc1nccn1Cc1nc2cc(N)ccc2o1. The molecule has 3 rings (SSSR count). The molecule has 17 heavy (non-hydrogen) atoms. The molecule has 5 heteroatoms. The van der Waals surface area contributed by atoms with Crippen molar-refractivity contribution in [3.63, 3.8) is 0 Å². The van der Waals surface area contributed by atoms with Gasteiger partial charge in [-0.2, -0.15) is 0 Å². The smallest absolute Gasteiger partial charge is 0.215 e. The van der Waals surface area contributed by atoms with E-state index in [4.69, 9.17) is 10.2 Å². The first-order chi connectivity index (χ1) is 8.22. The molecule has 0 aliphatic carbocycles. The van der Waals surface area contributed by atoms with E-state index in [9.17, 15) is 0 Å². The lowest BCUT2D eigenvalue weighted by atomic mass is 10.3. The molecule has 0 radical (unpaired) electrons. The molecule has 86 valence electrons. The molecular weight excluding hydrogens is 216 g/mol. The van der Waals surface area contributed by atoms with Crippen LogP contribution in [0.3, 0.4) is 0 Å². The highest BCUT2D eigenvalue weighted by Crippen LogP contribution is 2.18. The van der Waals surface area contributed by atoms with Crippen molar-refractivity contribution in [3.8, 4) is 0 Å². The number of oxazole rings is 1. The first kappa shape index (κ1) is 9.89. The van der Waals surface area contributed by atoms with Crippen LogP contribution < -0.4 is 5.73 Å². The van der Waals surface area contributed by atoms with Crippen LogP contribution >= 0.6 is 0 Å². The summed E-state index contributed by atoms with van der Waals surface area (Å²) in [6, 6.07) is 5.45. The number of rotatable bonds is 2. The van der Waals surface area contributed by atoms with Gasteiger partial charge in [0.2, 0.25) is 5.89 Å². The second-order valence-corrected chi connectivity index (χ2v) is 3.94. The Morgan fingerprint density at radius 3 is 3.06 bits per heavy atom. The van der Waals surface area contributed by atoms with Gasteiger partial charge in [0, 0.05) is 18.1 Å². The van der Waals surface area contributed by atoms with Gasteiger partial charge in [0.05, 0.1) is 0 Å². The second kappa shape index (κ2) is 3.62. The van der Waals surface area contributed by atoms with Gasteiger partial charge >= 0.3 is 0 Å². The average molecular weight is 228 g/mol. The van der Waals surface area contributed by atoms with Crippen LogP contribution in [0.1, 0.15) is 11.7 Å². The van der Waals surface area contributed by atoms with Crippen molar-refractivity contribution in [3.05, 3.63) is 42.3 Å². The zero-order chi connectivity index (χ0) is 11.8. The van der Waals surface area contributed by atoms with Gasteiger partial charge in [0.15, 0.2) is 5.58 Å². The summed E-state index contributed by atoms with van der Waals surface area (Å²) >= 11 is 0. The minimum atomic E-state index is 0.584. The number of nitrogens with zero attached hydrogens (tertiary/aromatic N) is 3. The summed E-state index contributed by atoms with van der Waals surface area (Å²) in [5.74, 6) is 1.60. The standard InChI is InChI=1S/C12H12N4O/c1-8-14-4-5-16(8)7-12-15-10-6-9(13)2-3-11(10)17-12/h2-6H,7,13H2,1H3. The van der Waals surface area contributed by atoms with Crippen molar-refractivity contribution in [2.75, 3.05) is 5.73 Å². The van der Waals surface area contributed by atoms with E-state index in [1.807, 2.05) is 29.8 Å². The number of hydrogen-bond acceptors (Lipinski definition) is 4. The van der Waals surface area contributed by atoms with Crippen LogP contribution in [0.4, 0.5) is 5.69 Å². The lowest BCUT2D eigenvalue weighted by Gasteiger charge is -1.99. The Balaban J connectivity index is 1.99. The van der Waals surface area contributed by atoms with Gasteiger partial charge in [-0.3, -0.25) is 0 Å². The van der Waals surface area contributed by atoms with E-state index >= 15 is 0 Å². The minimum absolute atomic E-state index is 0.584. The highest BCUT2D eigenvalue weighted by Gasteiger charge is 2.07. The fourth-order valence-electron chi connectivity index (χ4n) is 1.78. The molecule has 0 spiro atoms. The monoisotopic (exact) mass is 228 g/mol. The molecule has 0 saturated heterocycles. The molecule has 2 aromatic heterocycles. The third-order valence-electron chi connectivity index (χ3n) is 2.69. The Kier molecular flexibility index (Phi) is 2.11. The number of benzene rings is 1. The summed E-state index contributed by atoms with van der Waals surface area (Å²) in [7, 11) is 0. The molecular formula is C12H12N4O. The molecule has 0 aliphatic rings. The fourth-order valence-corrected chi connectivity index (χ4v) is 1.78. The predicted molar refractivity (Wildman–Crippen MR) is 64.5 cm³/mol. The Morgan fingerprint density at radius 2 is 2.29 bits per heavy atom. The van der Waals surface area contributed by atoms with Gasteiger partial charge in [0.25, 0.3) is 0 Å². The number of fused-ring (bicyclic) bond motifs is 1. The predicted octanol–water partition coefficient (Wildman–Crippen LogP) is 1.96. The normalized spacial score (nSPS) is 11.1. The van der Waals surface area contributed by atoms with Gasteiger partial charge in [-0.05, 0) is 25.1 Å². The largest absolute Gasteiger partial charge is 0.439 e. The summed E-state index contributed by atoms with van der Waals surface area (Å²) in [5, 5.41) is 0. The molecule has 0 aliphatic heterocycles. The van der Waals surface area contributed by atoms with E-state index in [0.717, 1.165) is 16.9 Å². The number of imidazole rings is 1. The molecule has 3 aromatic rings. The van der Waals surface area contributed by atoms with Crippen molar-refractivity contribution in [1.29, 1.82) is 0 Å². The highest BCUT2D eigenvalue weighted by atomic mass is 16.3. The van der Waals surface area contributed by atoms with E-state index in [1.165, 1.54) is 0 Å². The molecule has 0 unspecified atom stereocenters. The van der Waals surface area contributed by atoms with Crippen LogP contribution in [0.2, 0.25) is 0 Å². The summed E-state index contributed by atoms with van der Waals surface area (Å²) in [5.41, 5.74) is 7.93. The summed E-state index contributed by atoms with van der Waals surface area (Å²) in [6.07, 6.45) is 3.66. The lowest BCUT2D eigenvalue weighted by Crippen LogP contribution is -2.00. The van der Waals surface area contributed by atoms with Crippen LogP contribution in [-0.4, -0.2) is 14.5 Å². The Bertz CT molecular complexity index is 668. The van der Waals surface area contributed by atoms with Crippen LogP contribution in [0.5, 0.6) is 0 Å². The van der Waals surface area contributed by atoms with Crippen molar-refractivity contribution in [2.45, 2.75) is 13.5 Å². The minimum Gasteiger partial charge on any atom is -0.439 e. The quantitative estimate of drug-likeness (QED) is 0.681. The Hall–Kier alpha value is -2.30. The van der Waals surface area contributed by atoms with Crippen molar-refractivity contribution < 1.29 is 4.42 Å². The topological polar surface area (TPSA) is 69.9 Å². The molecule has 0 saturated carbocycles. The maximum atomic E-state index is 5.70. The number of aromatic nitrogens is 3. The highest BCUT2D eigenvalue weighted by molar-refractivity contribution is 5.76. The van der Waals surface area contributed by atoms with Crippen LogP contribution in [0, 0.1) is 6.92 Å². The molecule has 0 bridgehead atoms. The van der Waals surface area contributed by atoms with Gasteiger partial charge < -0.3 is 14.7 Å². The van der Waals surface area contributed by atoms with Gasteiger partial charge in [-0.15, -0.1) is 0 Å².